The highest BCUT2D eigenvalue weighted by Gasteiger charge is 2.15. The Morgan fingerprint density at radius 1 is 1.45 bits per heavy atom. The van der Waals surface area contributed by atoms with Gasteiger partial charge in [0.2, 0.25) is 5.91 Å². The average molecular weight is 298 g/mol. The lowest BCUT2D eigenvalue weighted by atomic mass is 10.0. The number of aromatic nitrogens is 1. The van der Waals surface area contributed by atoms with E-state index in [1.54, 1.807) is 12.4 Å². The molecule has 20 heavy (non-hydrogen) atoms. The molecule has 0 spiro atoms. The van der Waals surface area contributed by atoms with Crippen LogP contribution in [0.3, 0.4) is 0 Å². The van der Waals surface area contributed by atoms with Crippen LogP contribution in [0.25, 0.3) is 0 Å². The zero-order valence-electron chi connectivity index (χ0n) is 12.0. The van der Waals surface area contributed by atoms with Crippen molar-refractivity contribution in [1.82, 2.24) is 10.3 Å². The van der Waals surface area contributed by atoms with Crippen LogP contribution in [-0.2, 0) is 14.6 Å². The summed E-state index contributed by atoms with van der Waals surface area (Å²) in [6, 6.07) is 3.65. The minimum atomic E-state index is -3.11. The first-order valence-electron chi connectivity index (χ1n) is 6.79. The van der Waals surface area contributed by atoms with E-state index in [0.29, 0.717) is 0 Å². The Hall–Kier alpha value is -1.43. The number of pyridine rings is 1. The number of unbranched alkanes of at least 4 members (excludes halogenated alkanes) is 1. The van der Waals surface area contributed by atoms with Gasteiger partial charge in [-0.1, -0.05) is 25.8 Å². The molecule has 5 nitrogen and oxygen atoms in total. The quantitative estimate of drug-likeness (QED) is 0.795. The molecule has 1 aromatic rings. The SMILES string of the molecule is CCCCC(NC(=O)CCS(C)(=O)=O)c1cccnc1. The van der Waals surface area contributed by atoms with Crippen LogP contribution in [0.1, 0.15) is 44.2 Å². The first-order valence-corrected chi connectivity index (χ1v) is 8.85. The van der Waals surface area contributed by atoms with Crippen LogP contribution in [-0.4, -0.2) is 31.3 Å². The fourth-order valence-corrected chi connectivity index (χ4v) is 2.41. The molecule has 0 fully saturated rings. The molecule has 0 aliphatic rings. The van der Waals surface area contributed by atoms with Gasteiger partial charge in [0.05, 0.1) is 11.8 Å². The molecule has 1 rings (SSSR count). The summed E-state index contributed by atoms with van der Waals surface area (Å²) < 4.78 is 22.1. The lowest BCUT2D eigenvalue weighted by Gasteiger charge is -2.18. The van der Waals surface area contributed by atoms with E-state index in [-0.39, 0.29) is 24.1 Å². The van der Waals surface area contributed by atoms with Crippen molar-refractivity contribution in [3.8, 4) is 0 Å². The van der Waals surface area contributed by atoms with Gasteiger partial charge in [-0.05, 0) is 18.1 Å². The highest BCUT2D eigenvalue weighted by molar-refractivity contribution is 7.90. The van der Waals surface area contributed by atoms with E-state index in [2.05, 4.69) is 17.2 Å². The second kappa shape index (κ2) is 7.99. The van der Waals surface area contributed by atoms with Crippen LogP contribution in [0.15, 0.2) is 24.5 Å². The van der Waals surface area contributed by atoms with E-state index in [4.69, 9.17) is 0 Å². The Morgan fingerprint density at radius 3 is 2.75 bits per heavy atom. The average Bonchev–Trinajstić information content (AvgIpc) is 2.41. The topological polar surface area (TPSA) is 76.1 Å². The first kappa shape index (κ1) is 16.6. The summed E-state index contributed by atoms with van der Waals surface area (Å²) in [6.45, 7) is 2.09. The molecule has 1 amide bonds. The third kappa shape index (κ3) is 6.65. The molecule has 1 heterocycles. The Morgan fingerprint density at radius 2 is 2.20 bits per heavy atom. The van der Waals surface area contributed by atoms with Gasteiger partial charge in [0, 0.05) is 25.1 Å². The molecule has 0 saturated heterocycles. The molecular formula is C14H22N2O3S. The molecule has 1 unspecified atom stereocenters. The van der Waals surface area contributed by atoms with Crippen molar-refractivity contribution in [2.45, 2.75) is 38.6 Å². The van der Waals surface area contributed by atoms with Gasteiger partial charge in [-0.2, -0.15) is 0 Å². The van der Waals surface area contributed by atoms with Crippen LogP contribution in [0, 0.1) is 0 Å². The number of sulfone groups is 1. The molecule has 0 radical (unpaired) electrons. The van der Waals surface area contributed by atoms with Crippen molar-refractivity contribution in [3.05, 3.63) is 30.1 Å². The maximum atomic E-state index is 11.8. The Balaban J connectivity index is 2.63. The van der Waals surface area contributed by atoms with Crippen LogP contribution in [0.2, 0.25) is 0 Å². The molecule has 0 aliphatic heterocycles. The summed E-state index contributed by atoms with van der Waals surface area (Å²) in [5.41, 5.74) is 0.952. The Kier molecular flexibility index (Phi) is 6.64. The van der Waals surface area contributed by atoms with E-state index in [1.807, 2.05) is 12.1 Å². The fourth-order valence-electron chi connectivity index (χ4n) is 1.86. The smallest absolute Gasteiger partial charge is 0.221 e. The molecule has 0 aromatic carbocycles. The molecule has 6 heteroatoms. The summed E-state index contributed by atoms with van der Waals surface area (Å²) in [4.78, 5) is 15.9. The van der Waals surface area contributed by atoms with Gasteiger partial charge in [0.15, 0.2) is 0 Å². The standard InChI is InChI=1S/C14H22N2O3S/c1-3-4-7-13(12-6-5-9-15-11-12)16-14(17)8-10-20(2,18)19/h5-6,9,11,13H,3-4,7-8,10H2,1-2H3,(H,16,17). The maximum Gasteiger partial charge on any atom is 0.221 e. The normalized spacial score (nSPS) is 12.9. The van der Waals surface area contributed by atoms with Crippen molar-refractivity contribution in [2.24, 2.45) is 0 Å². The van der Waals surface area contributed by atoms with Crippen molar-refractivity contribution in [1.29, 1.82) is 0 Å². The van der Waals surface area contributed by atoms with Gasteiger partial charge in [-0.25, -0.2) is 8.42 Å². The number of hydrogen-bond acceptors (Lipinski definition) is 4. The predicted molar refractivity (Wildman–Crippen MR) is 79.0 cm³/mol. The molecule has 0 bridgehead atoms. The number of hydrogen-bond donors (Lipinski definition) is 1. The van der Waals surface area contributed by atoms with E-state index >= 15 is 0 Å². The molecule has 0 aliphatic carbocycles. The predicted octanol–water partition coefficient (Wildman–Crippen LogP) is 1.86. The largest absolute Gasteiger partial charge is 0.349 e. The highest BCUT2D eigenvalue weighted by Crippen LogP contribution is 2.18. The summed E-state index contributed by atoms with van der Waals surface area (Å²) in [6.07, 6.45) is 7.41. The van der Waals surface area contributed by atoms with Gasteiger partial charge in [0.25, 0.3) is 0 Å². The minimum Gasteiger partial charge on any atom is -0.349 e. The number of carbonyl (C=O) groups excluding carboxylic acids is 1. The van der Waals surface area contributed by atoms with E-state index in [0.717, 1.165) is 31.1 Å². The van der Waals surface area contributed by atoms with Crippen LogP contribution in [0.4, 0.5) is 0 Å². The molecule has 112 valence electrons. The molecule has 1 aromatic heterocycles. The molecule has 1 atom stereocenters. The van der Waals surface area contributed by atoms with Crippen LogP contribution in [0.5, 0.6) is 0 Å². The molecule has 1 N–H and O–H groups in total. The Labute approximate surface area is 120 Å². The molecule has 0 saturated carbocycles. The van der Waals surface area contributed by atoms with E-state index in [9.17, 15) is 13.2 Å². The van der Waals surface area contributed by atoms with Gasteiger partial charge in [-0.15, -0.1) is 0 Å². The van der Waals surface area contributed by atoms with E-state index < -0.39 is 9.84 Å². The fraction of sp³-hybridized carbons (Fsp3) is 0.571. The third-order valence-electron chi connectivity index (χ3n) is 2.97. The number of carbonyl (C=O) groups is 1. The van der Waals surface area contributed by atoms with Gasteiger partial charge in [0.1, 0.15) is 9.84 Å². The van der Waals surface area contributed by atoms with E-state index in [1.165, 1.54) is 0 Å². The number of nitrogens with zero attached hydrogens (tertiary/aromatic N) is 1. The van der Waals surface area contributed by atoms with Gasteiger partial charge >= 0.3 is 0 Å². The highest BCUT2D eigenvalue weighted by atomic mass is 32.2. The summed E-state index contributed by atoms with van der Waals surface area (Å²) in [5.74, 6) is -0.354. The van der Waals surface area contributed by atoms with Crippen molar-refractivity contribution in [2.75, 3.05) is 12.0 Å². The van der Waals surface area contributed by atoms with Crippen molar-refractivity contribution >= 4 is 15.7 Å². The van der Waals surface area contributed by atoms with Crippen LogP contribution >= 0.6 is 0 Å². The van der Waals surface area contributed by atoms with Crippen molar-refractivity contribution in [3.63, 3.8) is 0 Å². The number of rotatable bonds is 8. The van der Waals surface area contributed by atoms with Crippen molar-refractivity contribution < 1.29 is 13.2 Å². The zero-order chi connectivity index (χ0) is 15.0. The lowest BCUT2D eigenvalue weighted by Crippen LogP contribution is -2.30. The maximum absolute atomic E-state index is 11.8. The lowest BCUT2D eigenvalue weighted by molar-refractivity contribution is -0.121. The third-order valence-corrected chi connectivity index (χ3v) is 3.91. The zero-order valence-corrected chi connectivity index (χ0v) is 12.8. The summed E-state index contributed by atoms with van der Waals surface area (Å²) >= 11 is 0. The second-order valence-corrected chi connectivity index (χ2v) is 7.19. The Bertz CT molecular complexity index is 514. The van der Waals surface area contributed by atoms with Gasteiger partial charge in [-0.3, -0.25) is 9.78 Å². The first-order chi connectivity index (χ1) is 9.42. The monoisotopic (exact) mass is 298 g/mol. The second-order valence-electron chi connectivity index (χ2n) is 4.93. The number of nitrogens with one attached hydrogen (secondary N) is 1. The van der Waals surface area contributed by atoms with Gasteiger partial charge < -0.3 is 5.32 Å². The summed E-state index contributed by atoms with van der Waals surface area (Å²) in [7, 11) is -3.11. The minimum absolute atomic E-state index is 0.00171. The molecular weight excluding hydrogens is 276 g/mol. The summed E-state index contributed by atoms with van der Waals surface area (Å²) in [5, 5.41) is 2.90. The number of amides is 1. The van der Waals surface area contributed by atoms with Crippen LogP contribution < -0.4 is 5.32 Å².